The lowest BCUT2D eigenvalue weighted by Gasteiger charge is -2.48. The summed E-state index contributed by atoms with van der Waals surface area (Å²) in [6.07, 6.45) is 0. The van der Waals surface area contributed by atoms with E-state index in [0.717, 1.165) is 90.0 Å². The minimum absolute atomic E-state index is 0.0664. The molecule has 3 aliphatic rings. The molecule has 0 unspecified atom stereocenters. The van der Waals surface area contributed by atoms with Crippen molar-refractivity contribution in [3.63, 3.8) is 0 Å². The fraction of sp³-hybridized carbons (Fsp3) is 0.243. The van der Waals surface area contributed by atoms with Crippen LogP contribution in [0.25, 0.3) is 55.4 Å². The third kappa shape index (κ3) is 6.53. The van der Waals surface area contributed by atoms with E-state index in [9.17, 15) is 0 Å². The van der Waals surface area contributed by atoms with Gasteiger partial charge in [0, 0.05) is 67.1 Å². The summed E-state index contributed by atoms with van der Waals surface area (Å²) < 4.78 is 35.0. The van der Waals surface area contributed by atoms with Crippen LogP contribution >= 0.6 is 0 Å². The maximum atomic E-state index is 8.13. The number of furan rings is 2. The smallest absolute Gasteiger partial charge is 0.205 e. The van der Waals surface area contributed by atoms with Gasteiger partial charge in [-0.2, -0.15) is 0 Å². The quantitative estimate of drug-likeness (QED) is 0.173. The molecule has 2 spiro atoms. The van der Waals surface area contributed by atoms with Crippen molar-refractivity contribution < 1.29 is 18.3 Å². The number of aromatic nitrogens is 2. The van der Waals surface area contributed by atoms with Gasteiger partial charge in [-0.25, -0.2) is 0 Å². The fourth-order valence-corrected chi connectivity index (χ4v) is 13.8. The Morgan fingerprint density at radius 1 is 0.287 bits per heavy atom. The maximum Gasteiger partial charge on any atom is 0.205 e. The summed E-state index contributed by atoms with van der Waals surface area (Å²) in [5.74, 6) is 6.04. The van der Waals surface area contributed by atoms with Gasteiger partial charge in [-0.3, -0.25) is 9.13 Å². The molecule has 12 aromatic rings. The molecular formula is C74H66N2O4. The second-order valence-corrected chi connectivity index (χ2v) is 26.9. The molecule has 0 atom stereocenters. The number of ether oxygens (including phenoxy) is 2. The normalized spacial score (nSPS) is 15.2. The summed E-state index contributed by atoms with van der Waals surface area (Å²) in [6, 6.07) is 66.7. The van der Waals surface area contributed by atoms with Crippen molar-refractivity contribution in [2.45, 2.75) is 116 Å². The van der Waals surface area contributed by atoms with Crippen LogP contribution in [0.1, 0.15) is 150 Å². The number of hydrogen-bond donors (Lipinski definition) is 0. The Balaban J connectivity index is 1.13. The first-order chi connectivity index (χ1) is 38.2. The van der Waals surface area contributed by atoms with Gasteiger partial charge >= 0.3 is 0 Å². The average molecular weight is 1050 g/mol. The highest BCUT2D eigenvalue weighted by Crippen LogP contribution is 2.68. The molecule has 4 aromatic heterocycles. The van der Waals surface area contributed by atoms with Crippen LogP contribution in [0.3, 0.4) is 0 Å². The molecule has 6 heteroatoms. The number of benzene rings is 8. The highest BCUT2D eigenvalue weighted by atomic mass is 16.5. The van der Waals surface area contributed by atoms with Crippen LogP contribution in [-0.2, 0) is 32.5 Å². The second-order valence-electron chi connectivity index (χ2n) is 26.9. The van der Waals surface area contributed by atoms with E-state index in [1.54, 1.807) is 0 Å². The van der Waals surface area contributed by atoms with Crippen molar-refractivity contribution in [2.24, 2.45) is 0 Å². The SMILES string of the molecule is CC(C)(C)c1ccc2c(c1)c1cc(C(C)(C)C)ccc1n2-c1cc2c(o1)C1(c3ccccc3Oc3ccccc31)c1cc(-n3c4ccc(C(C)(C)C)cc4c4cc(C(C)(C)C)ccc43)oc1C21c2ccccc2Oc2ccccc21. The van der Waals surface area contributed by atoms with Crippen LogP contribution in [-0.4, -0.2) is 9.13 Å². The lowest BCUT2D eigenvalue weighted by Crippen LogP contribution is -2.46. The molecule has 0 amide bonds. The Morgan fingerprint density at radius 3 is 0.787 bits per heavy atom. The molecule has 0 saturated carbocycles. The van der Waals surface area contributed by atoms with Gasteiger partial charge in [-0.05, 0) is 117 Å². The van der Waals surface area contributed by atoms with E-state index < -0.39 is 10.8 Å². The van der Waals surface area contributed by atoms with Gasteiger partial charge in [-0.1, -0.05) is 180 Å². The van der Waals surface area contributed by atoms with Gasteiger partial charge in [0.15, 0.2) is 0 Å². The molecule has 80 heavy (non-hydrogen) atoms. The van der Waals surface area contributed by atoms with E-state index in [1.807, 2.05) is 0 Å². The van der Waals surface area contributed by atoms with E-state index in [0.29, 0.717) is 11.8 Å². The molecule has 0 saturated heterocycles. The molecule has 0 bridgehead atoms. The Kier molecular flexibility index (Phi) is 9.78. The monoisotopic (exact) mass is 1050 g/mol. The van der Waals surface area contributed by atoms with Crippen LogP contribution in [0.2, 0.25) is 0 Å². The Hall–Kier alpha value is -8.48. The maximum absolute atomic E-state index is 8.13. The first-order valence-electron chi connectivity index (χ1n) is 28.4. The van der Waals surface area contributed by atoms with Crippen molar-refractivity contribution in [2.75, 3.05) is 0 Å². The van der Waals surface area contributed by atoms with Crippen LogP contribution in [0.4, 0.5) is 0 Å². The van der Waals surface area contributed by atoms with E-state index in [4.69, 9.17) is 18.3 Å². The zero-order chi connectivity index (χ0) is 55.2. The topological polar surface area (TPSA) is 54.6 Å². The van der Waals surface area contributed by atoms with Crippen LogP contribution in [0.15, 0.2) is 191 Å². The van der Waals surface area contributed by atoms with Crippen molar-refractivity contribution >= 4 is 43.6 Å². The number of fused-ring (bicyclic) bond motifs is 20. The minimum Gasteiger partial charge on any atom is -0.457 e. The highest BCUT2D eigenvalue weighted by molar-refractivity contribution is 6.11. The molecule has 8 aromatic carbocycles. The lowest BCUT2D eigenvalue weighted by molar-refractivity contribution is 0.348. The largest absolute Gasteiger partial charge is 0.457 e. The zero-order valence-corrected chi connectivity index (χ0v) is 47.8. The van der Waals surface area contributed by atoms with E-state index in [2.05, 4.69) is 274 Å². The van der Waals surface area contributed by atoms with Crippen LogP contribution in [0.5, 0.6) is 23.0 Å². The molecule has 396 valence electrons. The zero-order valence-electron chi connectivity index (χ0n) is 47.8. The Labute approximate surface area is 468 Å². The molecular weight excluding hydrogens is 981 g/mol. The Morgan fingerprint density at radius 2 is 0.537 bits per heavy atom. The third-order valence-electron chi connectivity index (χ3n) is 18.0. The minimum atomic E-state index is -1.10. The summed E-state index contributed by atoms with van der Waals surface area (Å²) >= 11 is 0. The summed E-state index contributed by atoms with van der Waals surface area (Å²) in [6.45, 7) is 27.5. The summed E-state index contributed by atoms with van der Waals surface area (Å²) in [5, 5.41) is 4.75. The summed E-state index contributed by atoms with van der Waals surface area (Å²) in [5.41, 5.74) is 12.8. The van der Waals surface area contributed by atoms with Gasteiger partial charge in [-0.15, -0.1) is 0 Å². The van der Waals surface area contributed by atoms with Gasteiger partial charge in [0.2, 0.25) is 11.8 Å². The molecule has 15 rings (SSSR count). The molecule has 6 nitrogen and oxygen atoms in total. The van der Waals surface area contributed by atoms with Crippen LogP contribution < -0.4 is 9.47 Å². The van der Waals surface area contributed by atoms with E-state index in [-0.39, 0.29) is 21.7 Å². The molecule has 0 fully saturated rings. The van der Waals surface area contributed by atoms with Crippen molar-refractivity contribution in [3.8, 4) is 34.8 Å². The third-order valence-corrected chi connectivity index (χ3v) is 18.0. The summed E-state index contributed by atoms with van der Waals surface area (Å²) in [4.78, 5) is 0. The molecule has 0 radical (unpaired) electrons. The molecule has 2 aliphatic heterocycles. The molecule has 1 aliphatic carbocycles. The first-order valence-corrected chi connectivity index (χ1v) is 28.4. The molecule has 0 N–H and O–H groups in total. The first kappa shape index (κ1) is 48.6. The fourth-order valence-electron chi connectivity index (χ4n) is 13.8. The number of nitrogens with zero attached hydrogens (tertiary/aromatic N) is 2. The number of hydrogen-bond acceptors (Lipinski definition) is 4. The molecule has 6 heterocycles. The van der Waals surface area contributed by atoms with Crippen molar-refractivity contribution in [1.29, 1.82) is 0 Å². The van der Waals surface area contributed by atoms with Crippen LogP contribution in [0, 0.1) is 0 Å². The number of rotatable bonds is 2. The second kappa shape index (κ2) is 16.1. The number of para-hydroxylation sites is 4. The van der Waals surface area contributed by atoms with Gasteiger partial charge in [0.1, 0.15) is 45.3 Å². The predicted molar refractivity (Wildman–Crippen MR) is 325 cm³/mol. The average Bonchev–Trinajstić information content (AvgIpc) is 4.36. The van der Waals surface area contributed by atoms with Gasteiger partial charge in [0.05, 0.1) is 22.1 Å². The van der Waals surface area contributed by atoms with Gasteiger partial charge in [0.25, 0.3) is 0 Å². The lowest BCUT2D eigenvalue weighted by atomic mass is 9.54. The highest BCUT2D eigenvalue weighted by Gasteiger charge is 2.63. The van der Waals surface area contributed by atoms with Crippen molar-refractivity contribution in [1.82, 2.24) is 9.13 Å². The van der Waals surface area contributed by atoms with E-state index >= 15 is 0 Å². The standard InChI is InChI=1S/C74H66N2O4/c1-69(2,3)43-29-33-57-47(37-43)48-38-44(70(4,5)6)30-34-58(48)75(57)65-41-55-67(79-65)74(53-23-15-19-27-63(53)78-64-28-20-16-24-54(64)74)56-42-66(80-68(56)73(55)51-21-13-17-25-61(51)77-62-26-18-14-22-52(62)73)76-59-35-31-45(71(7,8)9)39-49(59)50-40-46(72(10,11)12)32-36-60(50)76/h13-42H,1-12H3. The Bertz CT molecular complexity index is 4020. The predicted octanol–water partition coefficient (Wildman–Crippen LogP) is 19.5. The van der Waals surface area contributed by atoms with E-state index in [1.165, 1.54) is 43.8 Å². The van der Waals surface area contributed by atoms with Gasteiger partial charge < -0.3 is 18.3 Å². The summed E-state index contributed by atoms with van der Waals surface area (Å²) in [7, 11) is 0. The van der Waals surface area contributed by atoms with Crippen molar-refractivity contribution in [3.05, 3.63) is 249 Å².